The van der Waals surface area contributed by atoms with Crippen LogP contribution < -0.4 is 16.0 Å². The van der Waals surface area contributed by atoms with Crippen LogP contribution in [0.2, 0.25) is 0 Å². The van der Waals surface area contributed by atoms with E-state index in [9.17, 15) is 4.79 Å². The van der Waals surface area contributed by atoms with Gasteiger partial charge in [0.2, 0.25) is 0 Å². The molecule has 2 fully saturated rings. The molecule has 3 N–H and O–H groups in total. The van der Waals surface area contributed by atoms with Crippen molar-refractivity contribution in [1.82, 2.24) is 20.9 Å². The Morgan fingerprint density at radius 2 is 1.66 bits per heavy atom. The molecule has 1 saturated heterocycles. The molecule has 1 saturated carbocycles. The first-order valence-corrected chi connectivity index (χ1v) is 10.9. The van der Waals surface area contributed by atoms with Gasteiger partial charge in [0.15, 0.2) is 5.96 Å². The molecule has 1 amide bonds. The van der Waals surface area contributed by atoms with E-state index in [-0.39, 0.29) is 17.7 Å². The average molecular weight is 412 g/mol. The summed E-state index contributed by atoms with van der Waals surface area (Å²) in [4.78, 5) is 18.7. The van der Waals surface area contributed by atoms with E-state index in [1.54, 1.807) is 0 Å². The Bertz CT molecular complexity index is 545. The van der Waals surface area contributed by atoms with Gasteiger partial charge in [-0.05, 0) is 73.4 Å². The molecule has 0 aromatic heterocycles. The molecule has 0 bridgehead atoms. The van der Waals surface area contributed by atoms with Gasteiger partial charge in [-0.2, -0.15) is 0 Å². The Balaban J connectivity index is 1.76. The molecule has 168 valence electrons. The largest absolute Gasteiger partial charge is 0.444 e. The predicted molar refractivity (Wildman–Crippen MR) is 116 cm³/mol. The zero-order chi connectivity index (χ0) is 21.5. The smallest absolute Gasteiger partial charge is 0.407 e. The predicted octanol–water partition coefficient (Wildman–Crippen LogP) is 2.10. The van der Waals surface area contributed by atoms with Gasteiger partial charge >= 0.3 is 6.09 Å². The third-order valence-electron chi connectivity index (χ3n) is 5.97. The molecular weight excluding hydrogens is 370 g/mol. The summed E-state index contributed by atoms with van der Waals surface area (Å²) in [6.45, 7) is 8.10. The third-order valence-corrected chi connectivity index (χ3v) is 5.97. The van der Waals surface area contributed by atoms with E-state index in [4.69, 9.17) is 9.47 Å². The number of likely N-dealkylation sites (N-methyl/N-ethyl adjacent to an activating group) is 1. The lowest BCUT2D eigenvalue weighted by Crippen LogP contribution is -2.58. The summed E-state index contributed by atoms with van der Waals surface area (Å²) in [7, 11) is 6.10. The highest BCUT2D eigenvalue weighted by atomic mass is 16.6. The lowest BCUT2D eigenvalue weighted by Gasteiger charge is -2.43. The van der Waals surface area contributed by atoms with Crippen LogP contribution in [-0.2, 0) is 9.47 Å². The fourth-order valence-electron chi connectivity index (χ4n) is 4.03. The summed E-state index contributed by atoms with van der Waals surface area (Å²) in [5.74, 6) is 0.848. The van der Waals surface area contributed by atoms with E-state index in [1.807, 2.05) is 27.8 Å². The maximum Gasteiger partial charge on any atom is 0.407 e. The van der Waals surface area contributed by atoms with Crippen molar-refractivity contribution >= 4 is 12.1 Å². The third kappa shape index (κ3) is 7.66. The summed E-state index contributed by atoms with van der Waals surface area (Å²) in [6.07, 6.45) is 5.58. The molecule has 0 unspecified atom stereocenters. The Labute approximate surface area is 176 Å². The zero-order valence-electron chi connectivity index (χ0n) is 19.1. The summed E-state index contributed by atoms with van der Waals surface area (Å²) < 4.78 is 10.9. The lowest BCUT2D eigenvalue weighted by molar-refractivity contribution is -0.00503. The maximum absolute atomic E-state index is 12.0. The monoisotopic (exact) mass is 411 g/mol. The van der Waals surface area contributed by atoms with E-state index in [1.165, 1.54) is 0 Å². The molecule has 1 aliphatic heterocycles. The van der Waals surface area contributed by atoms with Crippen molar-refractivity contribution in [3.63, 3.8) is 0 Å². The van der Waals surface area contributed by atoms with Crippen LogP contribution >= 0.6 is 0 Å². The highest BCUT2D eigenvalue weighted by Crippen LogP contribution is 2.25. The van der Waals surface area contributed by atoms with Crippen LogP contribution in [0.4, 0.5) is 4.79 Å². The quantitative estimate of drug-likeness (QED) is 0.474. The highest BCUT2D eigenvalue weighted by molar-refractivity contribution is 5.80. The molecule has 8 nitrogen and oxygen atoms in total. The Hall–Kier alpha value is -1.54. The molecule has 1 aliphatic carbocycles. The number of hydrogen-bond donors (Lipinski definition) is 3. The van der Waals surface area contributed by atoms with Crippen LogP contribution in [0.1, 0.15) is 59.3 Å². The molecule has 2 rings (SSSR count). The van der Waals surface area contributed by atoms with Crippen LogP contribution in [-0.4, -0.2) is 81.1 Å². The van der Waals surface area contributed by atoms with Crippen LogP contribution in [0.25, 0.3) is 0 Å². The lowest BCUT2D eigenvalue weighted by atomic mass is 9.88. The first-order valence-electron chi connectivity index (χ1n) is 10.9. The Morgan fingerprint density at radius 1 is 1.10 bits per heavy atom. The van der Waals surface area contributed by atoms with Crippen molar-refractivity contribution in [2.24, 2.45) is 4.99 Å². The van der Waals surface area contributed by atoms with Crippen LogP contribution in [0.15, 0.2) is 4.99 Å². The molecule has 0 spiro atoms. The molecule has 1 heterocycles. The standard InChI is InChI=1S/C21H41N5O3/c1-20(2,3)29-19(27)25-17-9-7-16(8-10-17)24-18(22-4)23-15-21(26(5)6)11-13-28-14-12-21/h16-17H,7-15H2,1-6H3,(H,25,27)(H2,22,23,24). The molecule has 8 heteroatoms. The molecule has 0 atom stereocenters. The van der Waals surface area contributed by atoms with E-state index in [2.05, 4.69) is 39.9 Å². The number of ether oxygens (including phenoxy) is 2. The minimum atomic E-state index is -0.463. The number of alkyl carbamates (subject to hydrolysis) is 1. The molecule has 29 heavy (non-hydrogen) atoms. The molecule has 0 radical (unpaired) electrons. The van der Waals surface area contributed by atoms with Gasteiger partial charge in [-0.3, -0.25) is 4.99 Å². The Kier molecular flexibility index (Phi) is 8.58. The van der Waals surface area contributed by atoms with Gasteiger partial charge in [0, 0.05) is 44.4 Å². The summed E-state index contributed by atoms with van der Waals surface area (Å²) in [5, 5.41) is 10.1. The average Bonchev–Trinajstić information content (AvgIpc) is 2.65. The second-order valence-corrected chi connectivity index (χ2v) is 9.50. The normalized spacial score (nSPS) is 25.4. The summed E-state index contributed by atoms with van der Waals surface area (Å²) >= 11 is 0. The van der Waals surface area contributed by atoms with Gasteiger partial charge in [0.05, 0.1) is 0 Å². The summed E-state index contributed by atoms with van der Waals surface area (Å²) in [5.41, 5.74) is -0.361. The number of amides is 1. The molecule has 2 aliphatic rings. The number of rotatable bonds is 5. The number of carbonyl (C=O) groups excluding carboxylic acids is 1. The van der Waals surface area contributed by atoms with Gasteiger partial charge in [0.1, 0.15) is 5.60 Å². The van der Waals surface area contributed by atoms with Crippen molar-refractivity contribution in [3.8, 4) is 0 Å². The number of guanidine groups is 1. The number of aliphatic imine (C=N–C) groups is 1. The van der Waals surface area contributed by atoms with Gasteiger partial charge in [-0.15, -0.1) is 0 Å². The Morgan fingerprint density at radius 3 is 2.14 bits per heavy atom. The van der Waals surface area contributed by atoms with E-state index in [0.29, 0.717) is 6.04 Å². The van der Waals surface area contributed by atoms with Crippen LogP contribution in [0, 0.1) is 0 Å². The minimum Gasteiger partial charge on any atom is -0.444 e. The number of nitrogens with one attached hydrogen (secondary N) is 3. The van der Waals surface area contributed by atoms with Crippen molar-refractivity contribution < 1.29 is 14.3 Å². The summed E-state index contributed by atoms with van der Waals surface area (Å²) in [6, 6.07) is 0.542. The maximum atomic E-state index is 12.0. The number of nitrogens with zero attached hydrogens (tertiary/aromatic N) is 2. The zero-order valence-corrected chi connectivity index (χ0v) is 19.1. The fourth-order valence-corrected chi connectivity index (χ4v) is 4.03. The fraction of sp³-hybridized carbons (Fsp3) is 0.905. The van der Waals surface area contributed by atoms with Crippen LogP contribution in [0.5, 0.6) is 0 Å². The van der Waals surface area contributed by atoms with Crippen molar-refractivity contribution in [2.45, 2.75) is 82.5 Å². The second kappa shape index (κ2) is 10.5. The first kappa shape index (κ1) is 23.7. The van der Waals surface area contributed by atoms with Gasteiger partial charge in [0.25, 0.3) is 0 Å². The molecule has 0 aromatic rings. The van der Waals surface area contributed by atoms with E-state index in [0.717, 1.165) is 64.2 Å². The van der Waals surface area contributed by atoms with Gasteiger partial charge in [-0.25, -0.2) is 4.79 Å². The van der Waals surface area contributed by atoms with Gasteiger partial charge in [-0.1, -0.05) is 0 Å². The van der Waals surface area contributed by atoms with Crippen molar-refractivity contribution in [2.75, 3.05) is 40.9 Å². The van der Waals surface area contributed by atoms with Crippen molar-refractivity contribution in [1.29, 1.82) is 0 Å². The minimum absolute atomic E-state index is 0.102. The first-order chi connectivity index (χ1) is 13.6. The number of hydrogen-bond acceptors (Lipinski definition) is 5. The van der Waals surface area contributed by atoms with E-state index >= 15 is 0 Å². The molecule has 0 aromatic carbocycles. The van der Waals surface area contributed by atoms with Crippen LogP contribution in [0.3, 0.4) is 0 Å². The second-order valence-electron chi connectivity index (χ2n) is 9.50. The number of carbonyl (C=O) groups is 1. The van der Waals surface area contributed by atoms with Crippen molar-refractivity contribution in [3.05, 3.63) is 0 Å². The molecular formula is C21H41N5O3. The highest BCUT2D eigenvalue weighted by Gasteiger charge is 2.35. The van der Waals surface area contributed by atoms with Gasteiger partial charge < -0.3 is 30.3 Å². The topological polar surface area (TPSA) is 87.2 Å². The van der Waals surface area contributed by atoms with E-state index < -0.39 is 5.60 Å². The SMILES string of the molecule is CN=C(NCC1(N(C)C)CCOCC1)NC1CCC(NC(=O)OC(C)(C)C)CC1.